The molecule has 0 aliphatic heterocycles. The van der Waals surface area contributed by atoms with E-state index >= 15 is 0 Å². The van der Waals surface area contributed by atoms with Crippen LogP contribution in [0, 0.1) is 30.2 Å². The molecule has 23 nitrogen and oxygen atoms in total. The minimum absolute atomic E-state index is 0.0302. The van der Waals surface area contributed by atoms with Crippen LogP contribution >= 0.6 is 35.4 Å². The van der Waals surface area contributed by atoms with Gasteiger partial charge in [-0.05, 0) is 175 Å². The van der Waals surface area contributed by atoms with Gasteiger partial charge in [0.25, 0.3) is 0 Å². The van der Waals surface area contributed by atoms with Crippen molar-refractivity contribution >= 4 is 104 Å². The monoisotopic (exact) mass is 1700 g/mol. The van der Waals surface area contributed by atoms with E-state index in [-0.39, 0.29) is 31.9 Å². The molecule has 0 radical (unpaired) electrons. The zero-order valence-electron chi connectivity index (χ0n) is 61.4. The lowest BCUT2D eigenvalue weighted by Crippen LogP contribution is -2.14. The fourth-order valence-electron chi connectivity index (χ4n) is 12.7. The molecule has 34 heteroatoms. The Bertz CT molecular complexity index is 6050. The predicted octanol–water partition coefficient (Wildman–Crippen LogP) is 16.7. The first-order chi connectivity index (χ1) is 54.6. The Morgan fingerprint density at radius 1 is 0.557 bits per heavy atom. The molecule has 598 valence electrons. The molecular formula is C81H71ClF4N6O17S6. The number of allylic oxidation sites excluding steroid dienone is 2. The Morgan fingerprint density at radius 3 is 1.66 bits per heavy atom. The maximum Gasteiger partial charge on any atom is 0.424 e. The van der Waals surface area contributed by atoms with Crippen LogP contribution in [0.4, 0.5) is 23.2 Å². The number of nitrogens with two attached hydrogens (primary N) is 2. The van der Waals surface area contributed by atoms with E-state index in [1.807, 2.05) is 54.6 Å². The number of ketones is 2. The molecule has 0 saturated heterocycles. The quantitative estimate of drug-likeness (QED) is 0.0311. The number of primary sulfonamides is 2. The Balaban J connectivity index is 0.000000142. The molecule has 115 heavy (non-hydrogen) atoms. The molecule has 1 fully saturated rings. The van der Waals surface area contributed by atoms with Crippen molar-refractivity contribution in [3.05, 3.63) is 296 Å². The molecule has 0 spiro atoms. The Hall–Kier alpha value is -10.6. The van der Waals surface area contributed by atoms with Gasteiger partial charge in [-0.25, -0.2) is 90.1 Å². The van der Waals surface area contributed by atoms with Crippen LogP contribution in [0.5, 0.6) is 0 Å². The van der Waals surface area contributed by atoms with Crippen molar-refractivity contribution in [2.24, 2.45) is 10.3 Å². The number of sulfonamides is 3. The summed E-state index contributed by atoms with van der Waals surface area (Å²) in [6.45, 7) is 1.75. The molecule has 0 atom stereocenters. The second-order valence-corrected chi connectivity index (χ2v) is 35.4. The lowest BCUT2D eigenvalue weighted by molar-refractivity contribution is -0.160. The molecule has 0 bridgehead atoms. The first-order valence-electron chi connectivity index (χ1n) is 34.9. The van der Waals surface area contributed by atoms with Crippen LogP contribution in [-0.2, 0) is 60.3 Å². The third kappa shape index (κ3) is 21.9. The Morgan fingerprint density at radius 2 is 1.11 bits per heavy atom. The molecule has 3 heterocycles. The van der Waals surface area contributed by atoms with Gasteiger partial charge in [0.1, 0.15) is 40.7 Å². The highest BCUT2D eigenvalue weighted by molar-refractivity contribution is 7.99. The molecule has 9 aromatic carbocycles. The van der Waals surface area contributed by atoms with Crippen LogP contribution in [0.15, 0.2) is 265 Å². The fraction of sp³-hybridized carbons (Fsp3) is 0.173. The molecule has 0 unspecified atom stereocenters. The number of carbonyl (C=O) groups is 2. The van der Waals surface area contributed by atoms with E-state index in [1.54, 1.807) is 55.5 Å². The van der Waals surface area contributed by atoms with Crippen molar-refractivity contribution < 1.29 is 83.3 Å². The number of fused-ring (bicyclic) bond motifs is 1. The summed E-state index contributed by atoms with van der Waals surface area (Å²) in [5.41, 5.74) is 10.1. The first-order valence-corrected chi connectivity index (χ1v) is 43.7. The first kappa shape index (κ1) is 85.3. The summed E-state index contributed by atoms with van der Waals surface area (Å²) < 4.78 is 171. The van der Waals surface area contributed by atoms with E-state index in [2.05, 4.69) is 14.6 Å². The third-order valence-corrected chi connectivity index (χ3v) is 23.7. The molecule has 3 aliphatic carbocycles. The van der Waals surface area contributed by atoms with Gasteiger partial charge in [-0.2, -0.15) is 4.33 Å². The number of nitrogens with one attached hydrogen (secondary N) is 1. The molecule has 5 N–H and O–H groups in total. The topological polar surface area (TPSA) is 350 Å². The van der Waals surface area contributed by atoms with E-state index in [0.29, 0.717) is 91.8 Å². The number of sulfone groups is 1. The standard InChI is InChI=1S/C18H16O3S.C16H12ClNO4S.C16H13F2NO3S2.C16H19FN2O3S.C15H11FN2O4S/c1-20-21-22-15-9-7-13(8-10-15)16-11-12-17(19)18(16)14-5-3-2-4-6-14;1-23(20,21)14-8-2-11(3-9-14)15-10-22-16(19)18(15)13-6-4-12(17)5-7-13;1-24(21,22)19-13-6-9-2-4-14(20)11(9)8-16(13)23-15-5-3-10(17)7-12(15)18;1-10-19-15(11-5-3-2-4-6-11)16(22-10)12-7-8-14(13(17)9-12)23(18,20)21;16-11-3-5-12(6-4-11)18-14(9-22-15(18)19)10-1-7-13(8-2-10)23(17,20)21/h2-10H,11-12H2,1H3;2-10H,1H3;3,5-8,19H,2,4H2,1H3;7-9,11H,2-6H2,1H3,(H2,18,20,21);1-9H,(H2,17,20,21). The lowest BCUT2D eigenvalue weighted by atomic mass is 9.85. The number of aromatic nitrogens is 3. The fourth-order valence-corrected chi connectivity index (χ4v) is 16.5. The molecule has 3 aromatic heterocycles. The maximum atomic E-state index is 14.1. The molecule has 1 saturated carbocycles. The molecule has 12 aromatic rings. The van der Waals surface area contributed by atoms with E-state index in [4.69, 9.17) is 39.5 Å². The van der Waals surface area contributed by atoms with E-state index in [9.17, 15) is 70.4 Å². The molecule has 3 aliphatic rings. The van der Waals surface area contributed by atoms with E-state index in [1.165, 1.54) is 114 Å². The highest BCUT2D eigenvalue weighted by atomic mass is 35.5. The highest BCUT2D eigenvalue weighted by Crippen LogP contribution is 2.43. The van der Waals surface area contributed by atoms with Gasteiger partial charge in [0.15, 0.2) is 33.1 Å². The van der Waals surface area contributed by atoms with E-state index < -0.39 is 79.6 Å². The average Bonchev–Trinajstić information content (AvgIpc) is 1.49. The number of rotatable bonds is 18. The van der Waals surface area contributed by atoms with Crippen molar-refractivity contribution in [1.29, 1.82) is 0 Å². The minimum Gasteiger partial charge on any atom is -0.441 e. The summed E-state index contributed by atoms with van der Waals surface area (Å²) in [6, 6.07) is 52.0. The van der Waals surface area contributed by atoms with Crippen molar-refractivity contribution in [2.45, 2.75) is 100 Å². The molecular weight excluding hydrogens is 1630 g/mol. The number of hydrogen-bond acceptors (Lipinski definition) is 20. The number of benzene rings is 9. The van der Waals surface area contributed by atoms with Crippen LogP contribution in [0.1, 0.15) is 95.9 Å². The van der Waals surface area contributed by atoms with Crippen molar-refractivity contribution in [3.8, 4) is 45.2 Å². The Kier molecular flexibility index (Phi) is 27.4. The second kappa shape index (κ2) is 36.9. The van der Waals surface area contributed by atoms with Crippen molar-refractivity contribution in [1.82, 2.24) is 14.1 Å². The number of carbonyl (C=O) groups excluding carboxylic acids is 2. The zero-order valence-corrected chi connectivity index (χ0v) is 67.1. The number of halogens is 5. The van der Waals surface area contributed by atoms with Crippen LogP contribution in [0.25, 0.3) is 56.4 Å². The van der Waals surface area contributed by atoms with Crippen LogP contribution in [0.2, 0.25) is 5.02 Å². The number of aryl methyl sites for hydroxylation is 2. The SMILES string of the molecule is COOSc1ccc(C2=C(c3ccccc3)C(=O)CC2)cc1.CS(=O)(=O)Nc1cc2c(cc1Sc1ccc(F)cc1F)C(=O)CC2.CS(=O)(=O)c1ccc(-c2coc(=O)n2-c2ccc(Cl)cc2)cc1.Cc1nc(C2CCCCC2)c(-c2ccc(S(N)(=O)=O)c(F)c2)o1.NS(=O)(=O)c1ccc(-c2coc(=O)n2-c2ccc(F)cc2)cc1. The number of anilines is 1. The van der Waals surface area contributed by atoms with Crippen LogP contribution in [0.3, 0.4) is 0 Å². The smallest absolute Gasteiger partial charge is 0.424 e. The highest BCUT2D eigenvalue weighted by Gasteiger charge is 2.29. The average molecular weight is 1700 g/mol. The van der Waals surface area contributed by atoms with Crippen LogP contribution < -0.4 is 26.5 Å². The van der Waals surface area contributed by atoms with Gasteiger partial charge in [-0.3, -0.25) is 14.3 Å². The largest absolute Gasteiger partial charge is 0.441 e. The normalized spacial score (nSPS) is 13.7. The summed E-state index contributed by atoms with van der Waals surface area (Å²) in [4.78, 5) is 58.3. The van der Waals surface area contributed by atoms with Crippen LogP contribution in [-0.4, -0.2) is 79.0 Å². The minimum atomic E-state index is -4.08. The molecule has 0 amide bonds. The number of hydrogen-bond donors (Lipinski definition) is 3. The second-order valence-electron chi connectivity index (χ2n) is 26.2. The van der Waals surface area contributed by atoms with Gasteiger partial charge in [0.05, 0.1) is 69.3 Å². The summed E-state index contributed by atoms with van der Waals surface area (Å²) in [5.74, 6) is -2.38. The van der Waals surface area contributed by atoms with Gasteiger partial charge in [-0.15, -0.1) is 0 Å². The third-order valence-electron chi connectivity index (χ3n) is 18.1. The number of Topliss-reactive ketones (excluding diaryl/α,β-unsaturated/α-hetero) is 2. The van der Waals surface area contributed by atoms with Gasteiger partial charge >= 0.3 is 11.5 Å². The Labute approximate surface area is 672 Å². The van der Waals surface area contributed by atoms with Crippen molar-refractivity contribution in [3.63, 3.8) is 0 Å². The van der Waals surface area contributed by atoms with Gasteiger partial charge in [0.2, 0.25) is 30.1 Å². The zero-order chi connectivity index (χ0) is 82.7. The number of oxazole rings is 3. The summed E-state index contributed by atoms with van der Waals surface area (Å²) in [7, 11) is -13.2. The summed E-state index contributed by atoms with van der Waals surface area (Å²) in [6.07, 6.45) is 12.6. The lowest BCUT2D eigenvalue weighted by Gasteiger charge is -2.20. The van der Waals surface area contributed by atoms with Gasteiger partial charge in [0, 0.05) is 85.5 Å². The summed E-state index contributed by atoms with van der Waals surface area (Å²) in [5, 5.41) is 10.6. The van der Waals surface area contributed by atoms with Gasteiger partial charge < -0.3 is 13.3 Å². The molecule has 15 rings (SSSR count). The predicted molar refractivity (Wildman–Crippen MR) is 429 cm³/mol. The van der Waals surface area contributed by atoms with Gasteiger partial charge in [-0.1, -0.05) is 109 Å². The maximum absolute atomic E-state index is 14.1. The van der Waals surface area contributed by atoms with Crippen molar-refractivity contribution in [2.75, 3.05) is 24.3 Å². The summed E-state index contributed by atoms with van der Waals surface area (Å²) >= 11 is 7.96. The van der Waals surface area contributed by atoms with E-state index in [0.717, 1.165) is 125 Å². The number of nitrogens with zero attached hydrogens (tertiary/aromatic N) is 3.